The van der Waals surface area contributed by atoms with Crippen LogP contribution < -0.4 is 4.74 Å². The summed E-state index contributed by atoms with van der Waals surface area (Å²) in [4.78, 5) is 15.3. The van der Waals surface area contributed by atoms with Gasteiger partial charge >= 0.3 is 5.97 Å². The number of halogens is 1. The lowest BCUT2D eigenvalue weighted by molar-refractivity contribution is 0.0690. The second-order valence-electron chi connectivity index (χ2n) is 4.67. The molecule has 7 heteroatoms. The standard InChI is InChI=1S/C16H12FN3O3/c1-23-15-7-6-10(9-18-15)20-14(8-13(19-20)16(21)22)11-4-2-3-5-12(11)17/h2-9H,1H3,(H,21,22). The predicted molar refractivity (Wildman–Crippen MR) is 80.3 cm³/mol. The van der Waals surface area contributed by atoms with E-state index in [1.165, 1.54) is 30.1 Å². The third-order valence-electron chi connectivity index (χ3n) is 3.25. The van der Waals surface area contributed by atoms with E-state index >= 15 is 0 Å². The average Bonchev–Trinajstić information content (AvgIpc) is 3.01. The Morgan fingerprint density at radius 1 is 1.26 bits per heavy atom. The van der Waals surface area contributed by atoms with E-state index in [-0.39, 0.29) is 11.3 Å². The fourth-order valence-corrected chi connectivity index (χ4v) is 2.16. The van der Waals surface area contributed by atoms with Crippen LogP contribution in [-0.4, -0.2) is 33.0 Å². The molecule has 0 aliphatic carbocycles. The van der Waals surface area contributed by atoms with E-state index in [1.807, 2.05) is 0 Å². The smallest absolute Gasteiger partial charge is 0.356 e. The molecular weight excluding hydrogens is 301 g/mol. The number of hydrogen-bond donors (Lipinski definition) is 1. The molecule has 0 unspecified atom stereocenters. The van der Waals surface area contributed by atoms with E-state index < -0.39 is 11.8 Å². The number of ether oxygens (including phenoxy) is 1. The van der Waals surface area contributed by atoms with Crippen molar-refractivity contribution in [1.29, 1.82) is 0 Å². The highest BCUT2D eigenvalue weighted by Crippen LogP contribution is 2.26. The molecule has 0 atom stereocenters. The Hall–Kier alpha value is -3.22. The predicted octanol–water partition coefficient (Wildman–Crippen LogP) is 2.78. The molecule has 0 aliphatic rings. The summed E-state index contributed by atoms with van der Waals surface area (Å²) in [6.45, 7) is 0. The number of carbonyl (C=O) groups is 1. The lowest BCUT2D eigenvalue weighted by Gasteiger charge is -2.08. The van der Waals surface area contributed by atoms with Gasteiger partial charge in [-0.1, -0.05) is 12.1 Å². The number of methoxy groups -OCH3 is 1. The van der Waals surface area contributed by atoms with E-state index in [2.05, 4.69) is 10.1 Å². The second-order valence-corrected chi connectivity index (χ2v) is 4.67. The van der Waals surface area contributed by atoms with E-state index in [0.717, 1.165) is 0 Å². The Bertz CT molecular complexity index is 859. The summed E-state index contributed by atoms with van der Waals surface area (Å²) in [5, 5.41) is 13.2. The third kappa shape index (κ3) is 2.76. The van der Waals surface area contributed by atoms with Crippen molar-refractivity contribution >= 4 is 5.97 Å². The van der Waals surface area contributed by atoms with Gasteiger partial charge in [0.15, 0.2) is 5.69 Å². The van der Waals surface area contributed by atoms with E-state index in [1.54, 1.807) is 30.3 Å². The summed E-state index contributed by atoms with van der Waals surface area (Å²) < 4.78 is 20.4. The highest BCUT2D eigenvalue weighted by molar-refractivity contribution is 5.87. The number of benzene rings is 1. The molecule has 1 N–H and O–H groups in total. The Morgan fingerprint density at radius 3 is 2.65 bits per heavy atom. The fraction of sp³-hybridized carbons (Fsp3) is 0.0625. The summed E-state index contributed by atoms with van der Waals surface area (Å²) in [6, 6.07) is 10.7. The molecule has 116 valence electrons. The Kier molecular flexibility index (Phi) is 3.76. The molecule has 0 saturated carbocycles. The topological polar surface area (TPSA) is 77.2 Å². The lowest BCUT2D eigenvalue weighted by Crippen LogP contribution is -2.03. The number of carboxylic acid groups (broad SMARTS) is 1. The first-order chi connectivity index (χ1) is 11.1. The summed E-state index contributed by atoms with van der Waals surface area (Å²) in [5.41, 5.74) is 0.895. The Morgan fingerprint density at radius 2 is 2.04 bits per heavy atom. The number of aromatic nitrogens is 3. The van der Waals surface area contributed by atoms with Crippen LogP contribution >= 0.6 is 0 Å². The molecule has 0 bridgehead atoms. The maximum Gasteiger partial charge on any atom is 0.356 e. The molecule has 3 rings (SSSR count). The largest absolute Gasteiger partial charge is 0.481 e. The minimum atomic E-state index is -1.19. The van der Waals surface area contributed by atoms with E-state index in [4.69, 9.17) is 9.84 Å². The molecule has 0 radical (unpaired) electrons. The van der Waals surface area contributed by atoms with Crippen molar-refractivity contribution in [3.05, 3.63) is 60.2 Å². The highest BCUT2D eigenvalue weighted by Gasteiger charge is 2.18. The van der Waals surface area contributed by atoms with Crippen LogP contribution in [0.4, 0.5) is 4.39 Å². The minimum Gasteiger partial charge on any atom is -0.481 e. The molecule has 0 fully saturated rings. The third-order valence-corrected chi connectivity index (χ3v) is 3.25. The number of aromatic carboxylic acids is 1. The molecule has 2 heterocycles. The summed E-state index contributed by atoms with van der Waals surface area (Å²) in [5.74, 6) is -1.25. The van der Waals surface area contributed by atoms with Crippen molar-refractivity contribution in [3.63, 3.8) is 0 Å². The van der Waals surface area contributed by atoms with Gasteiger partial charge < -0.3 is 9.84 Å². The zero-order chi connectivity index (χ0) is 16.4. The average molecular weight is 313 g/mol. The Labute approximate surface area is 130 Å². The van der Waals surface area contributed by atoms with Crippen LogP contribution in [0.2, 0.25) is 0 Å². The summed E-state index contributed by atoms with van der Waals surface area (Å²) in [7, 11) is 1.49. The first-order valence-electron chi connectivity index (χ1n) is 6.69. The maximum atomic E-state index is 14.1. The molecule has 0 saturated heterocycles. The second kappa shape index (κ2) is 5.88. The van der Waals surface area contributed by atoms with Gasteiger partial charge in [-0.3, -0.25) is 0 Å². The number of rotatable bonds is 4. The van der Waals surface area contributed by atoms with Crippen molar-refractivity contribution in [3.8, 4) is 22.8 Å². The molecule has 2 aromatic heterocycles. The molecule has 1 aromatic carbocycles. The SMILES string of the molecule is COc1ccc(-n2nc(C(=O)O)cc2-c2ccccc2F)cn1. The van der Waals surface area contributed by atoms with Gasteiger partial charge in [-0.25, -0.2) is 18.9 Å². The van der Waals surface area contributed by atoms with Crippen molar-refractivity contribution in [2.75, 3.05) is 7.11 Å². The first kappa shape index (κ1) is 14.7. The zero-order valence-electron chi connectivity index (χ0n) is 12.1. The fourth-order valence-electron chi connectivity index (χ4n) is 2.16. The van der Waals surface area contributed by atoms with Gasteiger partial charge in [-0.2, -0.15) is 5.10 Å². The minimum absolute atomic E-state index is 0.181. The molecule has 0 amide bonds. The quantitative estimate of drug-likeness (QED) is 0.801. The first-order valence-corrected chi connectivity index (χ1v) is 6.69. The Balaban J connectivity index is 2.18. The molecule has 0 spiro atoms. The normalized spacial score (nSPS) is 10.5. The van der Waals surface area contributed by atoms with E-state index in [9.17, 15) is 9.18 Å². The summed E-state index contributed by atoms with van der Waals surface area (Å²) >= 11 is 0. The number of hydrogen-bond acceptors (Lipinski definition) is 4. The van der Waals surface area contributed by atoms with Crippen molar-refractivity contribution < 1.29 is 19.0 Å². The van der Waals surface area contributed by atoms with Gasteiger partial charge in [0.05, 0.1) is 24.7 Å². The van der Waals surface area contributed by atoms with Crippen LogP contribution in [0.3, 0.4) is 0 Å². The molecule has 6 nitrogen and oxygen atoms in total. The molecular formula is C16H12FN3O3. The van der Waals surface area contributed by atoms with Crippen LogP contribution in [0, 0.1) is 5.82 Å². The lowest BCUT2D eigenvalue weighted by atomic mass is 10.1. The molecule has 0 aliphatic heterocycles. The maximum absolute atomic E-state index is 14.1. The van der Waals surface area contributed by atoms with Crippen molar-refractivity contribution in [2.45, 2.75) is 0 Å². The zero-order valence-corrected chi connectivity index (χ0v) is 12.1. The van der Waals surface area contributed by atoms with Gasteiger partial charge in [0.25, 0.3) is 0 Å². The van der Waals surface area contributed by atoms with Gasteiger partial charge in [0.2, 0.25) is 5.88 Å². The molecule has 23 heavy (non-hydrogen) atoms. The van der Waals surface area contributed by atoms with Crippen LogP contribution in [0.1, 0.15) is 10.5 Å². The number of nitrogens with zero attached hydrogens (tertiary/aromatic N) is 3. The van der Waals surface area contributed by atoms with Crippen molar-refractivity contribution in [1.82, 2.24) is 14.8 Å². The van der Waals surface area contributed by atoms with Gasteiger partial charge in [0, 0.05) is 11.6 Å². The molecule has 3 aromatic rings. The van der Waals surface area contributed by atoms with Crippen LogP contribution in [0.5, 0.6) is 5.88 Å². The number of carboxylic acids is 1. The van der Waals surface area contributed by atoms with Gasteiger partial charge in [-0.15, -0.1) is 0 Å². The van der Waals surface area contributed by atoms with E-state index in [0.29, 0.717) is 17.3 Å². The summed E-state index contributed by atoms with van der Waals surface area (Å²) in [6.07, 6.45) is 1.47. The van der Waals surface area contributed by atoms with Crippen molar-refractivity contribution in [2.24, 2.45) is 0 Å². The monoisotopic (exact) mass is 313 g/mol. The van der Waals surface area contributed by atoms with Gasteiger partial charge in [-0.05, 0) is 24.3 Å². The van der Waals surface area contributed by atoms with Crippen LogP contribution in [0.25, 0.3) is 16.9 Å². The number of pyridine rings is 1. The van der Waals surface area contributed by atoms with Crippen LogP contribution in [0.15, 0.2) is 48.7 Å². The van der Waals surface area contributed by atoms with Crippen LogP contribution in [-0.2, 0) is 0 Å². The highest BCUT2D eigenvalue weighted by atomic mass is 19.1. The van der Waals surface area contributed by atoms with Gasteiger partial charge in [0.1, 0.15) is 5.82 Å².